The van der Waals surface area contributed by atoms with Crippen molar-refractivity contribution in [2.45, 2.75) is 57.4 Å². The molecule has 2 aromatic carbocycles. The molecule has 2 heterocycles. The second-order valence-electron chi connectivity index (χ2n) is 8.30. The fourth-order valence-electron chi connectivity index (χ4n) is 4.95. The van der Waals surface area contributed by atoms with Crippen molar-refractivity contribution in [2.24, 2.45) is 0 Å². The molecule has 2 aliphatic rings. The SMILES string of the molecule is Cc1ccc2oc3cccc(C4CC(=O)N(C5CCCCC5)C4=O)c3c(=O)c2c1. The number of fused-ring (bicyclic) bond motifs is 2. The maximum Gasteiger partial charge on any atom is 0.237 e. The van der Waals surface area contributed by atoms with Gasteiger partial charge in [-0.05, 0) is 43.5 Å². The molecule has 5 heteroatoms. The molecule has 1 aliphatic carbocycles. The molecule has 0 N–H and O–H groups in total. The van der Waals surface area contributed by atoms with E-state index in [0.29, 0.717) is 27.5 Å². The Labute approximate surface area is 168 Å². The third kappa shape index (κ3) is 2.87. The molecule has 1 aliphatic heterocycles. The van der Waals surface area contributed by atoms with Gasteiger partial charge in [0.05, 0.1) is 16.7 Å². The van der Waals surface area contributed by atoms with Crippen molar-refractivity contribution in [3.05, 3.63) is 57.7 Å². The Morgan fingerprint density at radius 1 is 0.966 bits per heavy atom. The highest BCUT2D eigenvalue weighted by molar-refractivity contribution is 6.08. The predicted molar refractivity (Wildman–Crippen MR) is 111 cm³/mol. The Morgan fingerprint density at radius 3 is 2.55 bits per heavy atom. The number of aryl methyl sites for hydroxylation is 1. The maximum atomic E-state index is 13.3. The average Bonchev–Trinajstić information content (AvgIpc) is 3.03. The zero-order valence-electron chi connectivity index (χ0n) is 16.4. The molecule has 0 spiro atoms. The summed E-state index contributed by atoms with van der Waals surface area (Å²) < 4.78 is 5.98. The highest BCUT2D eigenvalue weighted by Crippen LogP contribution is 2.37. The lowest BCUT2D eigenvalue weighted by Gasteiger charge is -2.29. The Balaban J connectivity index is 1.64. The van der Waals surface area contributed by atoms with Crippen molar-refractivity contribution >= 4 is 33.8 Å². The first-order valence-corrected chi connectivity index (χ1v) is 10.4. The van der Waals surface area contributed by atoms with Gasteiger partial charge in [0, 0.05) is 12.5 Å². The van der Waals surface area contributed by atoms with E-state index in [9.17, 15) is 14.4 Å². The van der Waals surface area contributed by atoms with Gasteiger partial charge < -0.3 is 4.42 Å². The maximum absolute atomic E-state index is 13.3. The summed E-state index contributed by atoms with van der Waals surface area (Å²) in [4.78, 5) is 40.8. The smallest absolute Gasteiger partial charge is 0.237 e. The standard InChI is InChI=1S/C24H23NO4/c1-14-10-11-19-18(12-14)23(27)22-16(8-5-9-20(22)29-19)17-13-21(26)25(24(17)28)15-6-3-2-4-7-15/h5,8-12,15,17H,2-4,6-7,13H2,1H3. The van der Waals surface area contributed by atoms with Crippen LogP contribution in [-0.2, 0) is 9.59 Å². The lowest BCUT2D eigenvalue weighted by Crippen LogP contribution is -2.41. The van der Waals surface area contributed by atoms with Crippen LogP contribution in [0.2, 0.25) is 0 Å². The second-order valence-corrected chi connectivity index (χ2v) is 8.30. The van der Waals surface area contributed by atoms with Crippen LogP contribution >= 0.6 is 0 Å². The minimum absolute atomic E-state index is 0.00335. The van der Waals surface area contributed by atoms with E-state index in [-0.39, 0.29) is 29.7 Å². The van der Waals surface area contributed by atoms with E-state index in [1.807, 2.05) is 19.1 Å². The highest BCUT2D eigenvalue weighted by Gasteiger charge is 2.43. The summed E-state index contributed by atoms with van der Waals surface area (Å²) >= 11 is 0. The number of benzene rings is 2. The minimum atomic E-state index is -0.613. The molecule has 1 aromatic heterocycles. The minimum Gasteiger partial charge on any atom is -0.456 e. The van der Waals surface area contributed by atoms with Crippen molar-refractivity contribution in [1.82, 2.24) is 4.90 Å². The van der Waals surface area contributed by atoms with Crippen LogP contribution in [0.4, 0.5) is 0 Å². The zero-order chi connectivity index (χ0) is 20.1. The lowest BCUT2D eigenvalue weighted by atomic mass is 9.92. The van der Waals surface area contributed by atoms with Crippen LogP contribution in [0.5, 0.6) is 0 Å². The molecule has 5 rings (SSSR count). The Bertz CT molecular complexity index is 1200. The Morgan fingerprint density at radius 2 is 1.76 bits per heavy atom. The van der Waals surface area contributed by atoms with Crippen LogP contribution in [-0.4, -0.2) is 22.8 Å². The quantitative estimate of drug-likeness (QED) is 0.480. The summed E-state index contributed by atoms with van der Waals surface area (Å²) in [6.07, 6.45) is 5.15. The molecule has 1 unspecified atom stereocenters. The molecule has 148 valence electrons. The molecule has 3 aromatic rings. The van der Waals surface area contributed by atoms with Crippen LogP contribution in [0, 0.1) is 6.92 Å². The van der Waals surface area contributed by atoms with Crippen LogP contribution in [0.15, 0.2) is 45.6 Å². The van der Waals surface area contributed by atoms with Gasteiger partial charge >= 0.3 is 0 Å². The summed E-state index contributed by atoms with van der Waals surface area (Å²) in [6.45, 7) is 1.93. The van der Waals surface area contributed by atoms with E-state index in [1.54, 1.807) is 24.3 Å². The fraction of sp³-hybridized carbons (Fsp3) is 0.375. The van der Waals surface area contributed by atoms with Crippen molar-refractivity contribution in [3.63, 3.8) is 0 Å². The topological polar surface area (TPSA) is 67.6 Å². The van der Waals surface area contributed by atoms with E-state index in [2.05, 4.69) is 0 Å². The van der Waals surface area contributed by atoms with Crippen LogP contribution in [0.1, 0.15) is 55.6 Å². The number of hydrogen-bond donors (Lipinski definition) is 0. The summed E-state index contributed by atoms with van der Waals surface area (Å²) in [6, 6.07) is 10.9. The highest BCUT2D eigenvalue weighted by atomic mass is 16.3. The van der Waals surface area contributed by atoms with E-state index < -0.39 is 5.92 Å². The number of carbonyl (C=O) groups is 2. The van der Waals surface area contributed by atoms with Crippen molar-refractivity contribution in [2.75, 3.05) is 0 Å². The first-order chi connectivity index (χ1) is 14.0. The van der Waals surface area contributed by atoms with Gasteiger partial charge in [-0.15, -0.1) is 0 Å². The molecule has 2 amide bonds. The van der Waals surface area contributed by atoms with Crippen molar-refractivity contribution < 1.29 is 14.0 Å². The van der Waals surface area contributed by atoms with Gasteiger partial charge in [-0.1, -0.05) is 43.0 Å². The number of nitrogens with zero attached hydrogens (tertiary/aromatic N) is 1. The first-order valence-electron chi connectivity index (χ1n) is 10.4. The fourth-order valence-corrected chi connectivity index (χ4v) is 4.95. The third-order valence-corrected chi connectivity index (χ3v) is 6.38. The average molecular weight is 389 g/mol. The molecular formula is C24H23NO4. The van der Waals surface area contributed by atoms with Gasteiger partial charge in [0.1, 0.15) is 11.2 Å². The van der Waals surface area contributed by atoms with Crippen molar-refractivity contribution in [3.8, 4) is 0 Å². The van der Waals surface area contributed by atoms with Gasteiger partial charge in [-0.25, -0.2) is 0 Å². The molecule has 29 heavy (non-hydrogen) atoms. The van der Waals surface area contributed by atoms with Gasteiger partial charge in [0.15, 0.2) is 0 Å². The van der Waals surface area contributed by atoms with E-state index in [4.69, 9.17) is 4.42 Å². The van der Waals surface area contributed by atoms with Gasteiger partial charge in [0.25, 0.3) is 0 Å². The van der Waals surface area contributed by atoms with E-state index >= 15 is 0 Å². The van der Waals surface area contributed by atoms with E-state index in [0.717, 1.165) is 37.7 Å². The second kappa shape index (κ2) is 6.83. The molecule has 1 saturated carbocycles. The number of carbonyl (C=O) groups excluding carboxylic acids is 2. The third-order valence-electron chi connectivity index (χ3n) is 6.38. The van der Waals surface area contributed by atoms with E-state index in [1.165, 1.54) is 4.90 Å². The number of rotatable bonds is 2. The first kappa shape index (κ1) is 18.1. The summed E-state index contributed by atoms with van der Waals surface area (Å²) in [5.41, 5.74) is 2.42. The Hall–Kier alpha value is -2.95. The van der Waals surface area contributed by atoms with Crippen LogP contribution in [0.25, 0.3) is 21.9 Å². The van der Waals surface area contributed by atoms with Crippen molar-refractivity contribution in [1.29, 1.82) is 0 Å². The van der Waals surface area contributed by atoms with Crippen LogP contribution < -0.4 is 5.43 Å². The number of hydrogen-bond acceptors (Lipinski definition) is 4. The Kier molecular flexibility index (Phi) is 4.26. The zero-order valence-corrected chi connectivity index (χ0v) is 16.4. The molecule has 1 saturated heterocycles. The number of amides is 2. The molecule has 0 radical (unpaired) electrons. The lowest BCUT2D eigenvalue weighted by molar-refractivity contribution is -0.142. The molecule has 0 bridgehead atoms. The summed E-state index contributed by atoms with van der Waals surface area (Å²) in [5.74, 6) is -0.902. The summed E-state index contributed by atoms with van der Waals surface area (Å²) in [5, 5.41) is 0.924. The monoisotopic (exact) mass is 389 g/mol. The van der Waals surface area contributed by atoms with Gasteiger partial charge in [0.2, 0.25) is 17.2 Å². The normalized spacial score (nSPS) is 20.9. The molecule has 2 fully saturated rings. The molecule has 1 atom stereocenters. The number of likely N-dealkylation sites (tertiary alicyclic amines) is 1. The summed E-state index contributed by atoms with van der Waals surface area (Å²) in [7, 11) is 0. The molecule has 5 nitrogen and oxygen atoms in total. The molecular weight excluding hydrogens is 366 g/mol. The van der Waals surface area contributed by atoms with Crippen LogP contribution in [0.3, 0.4) is 0 Å². The predicted octanol–water partition coefficient (Wildman–Crippen LogP) is 4.43. The largest absolute Gasteiger partial charge is 0.456 e. The number of imide groups is 1. The van der Waals surface area contributed by atoms with Gasteiger partial charge in [-0.2, -0.15) is 0 Å². The van der Waals surface area contributed by atoms with Gasteiger partial charge in [-0.3, -0.25) is 19.3 Å².